The van der Waals surface area contributed by atoms with Crippen molar-refractivity contribution in [2.75, 3.05) is 0 Å². The van der Waals surface area contributed by atoms with E-state index in [1.165, 1.54) is 61.2 Å². The minimum Gasteiger partial charge on any atom is -0.0985 e. The van der Waals surface area contributed by atoms with E-state index in [2.05, 4.69) is 129 Å². The highest BCUT2D eigenvalue weighted by molar-refractivity contribution is 5.95. The van der Waals surface area contributed by atoms with Crippen LogP contribution in [0.3, 0.4) is 0 Å². The summed E-state index contributed by atoms with van der Waals surface area (Å²) in [4.78, 5) is 0. The second-order valence-corrected chi connectivity index (χ2v) is 10.2. The summed E-state index contributed by atoms with van der Waals surface area (Å²) in [5.41, 5.74) is 15.4. The summed E-state index contributed by atoms with van der Waals surface area (Å²) in [7, 11) is 0. The Morgan fingerprint density at radius 1 is 0.564 bits per heavy atom. The van der Waals surface area contributed by atoms with Gasteiger partial charge in [0.15, 0.2) is 0 Å². The third-order valence-electron chi connectivity index (χ3n) is 8.13. The van der Waals surface area contributed by atoms with Gasteiger partial charge in [-0.15, -0.1) is 0 Å². The molecule has 2 aliphatic carbocycles. The number of rotatable bonds is 3. The van der Waals surface area contributed by atoms with E-state index in [9.17, 15) is 0 Å². The van der Waals surface area contributed by atoms with Gasteiger partial charge < -0.3 is 0 Å². The molecular weight excluding hydrogens is 468 g/mol. The highest BCUT2D eigenvalue weighted by Crippen LogP contribution is 2.62. The largest absolute Gasteiger partial charge is 0.0985 e. The summed E-state index contributed by atoms with van der Waals surface area (Å²) >= 11 is 0. The molecule has 0 aliphatic heterocycles. The minimum atomic E-state index is -0.248. The van der Waals surface area contributed by atoms with Crippen molar-refractivity contribution in [1.82, 2.24) is 0 Å². The lowest BCUT2D eigenvalue weighted by molar-refractivity contribution is 0.793. The Kier molecular flexibility index (Phi) is 6.25. The van der Waals surface area contributed by atoms with Gasteiger partial charge in [0, 0.05) is 0 Å². The second-order valence-electron chi connectivity index (χ2n) is 10.2. The van der Waals surface area contributed by atoms with E-state index < -0.39 is 0 Å². The van der Waals surface area contributed by atoms with Gasteiger partial charge in [-0.3, -0.25) is 0 Å². The fraction of sp³-hybridized carbons (Fsp3) is 0.0769. The monoisotopic (exact) mass is 500 g/mol. The first-order valence-corrected chi connectivity index (χ1v) is 13.5. The fourth-order valence-corrected chi connectivity index (χ4v) is 6.40. The molecule has 0 aromatic heterocycles. The molecule has 7 rings (SSSR count). The zero-order valence-corrected chi connectivity index (χ0v) is 22.6. The highest BCUT2D eigenvalue weighted by atomic mass is 14.5. The van der Waals surface area contributed by atoms with Crippen LogP contribution >= 0.6 is 0 Å². The summed E-state index contributed by atoms with van der Waals surface area (Å²) in [6, 6.07) is 43.9. The van der Waals surface area contributed by atoms with Crippen LogP contribution in [-0.2, 0) is 5.41 Å². The Bertz CT molecular complexity index is 1700. The Balaban J connectivity index is 0.000000263. The number of hydrogen-bond acceptors (Lipinski definition) is 0. The predicted octanol–water partition coefficient (Wildman–Crippen LogP) is 10.3. The van der Waals surface area contributed by atoms with Crippen molar-refractivity contribution in [2.24, 2.45) is 0 Å². The SMILES string of the molecule is C=C(C)c1ccccc1.C=C/C(=C\C)c1ccc2c(c1)-c1ccccc1C21c2ccccc2-c2ccccc21. The van der Waals surface area contributed by atoms with Gasteiger partial charge in [0.25, 0.3) is 0 Å². The first-order chi connectivity index (χ1) is 19.1. The van der Waals surface area contributed by atoms with Gasteiger partial charge in [-0.1, -0.05) is 146 Å². The maximum Gasteiger partial charge on any atom is 0.0725 e. The normalized spacial score (nSPS) is 13.4. The van der Waals surface area contributed by atoms with Crippen LogP contribution in [0.15, 0.2) is 147 Å². The molecule has 0 atom stereocenters. The first kappa shape index (κ1) is 24.6. The molecule has 0 N–H and O–H groups in total. The van der Waals surface area contributed by atoms with Crippen LogP contribution in [0.1, 0.15) is 47.2 Å². The van der Waals surface area contributed by atoms with Gasteiger partial charge in [0.05, 0.1) is 5.41 Å². The van der Waals surface area contributed by atoms with E-state index in [1.54, 1.807) is 0 Å². The summed E-state index contributed by atoms with van der Waals surface area (Å²) in [6.07, 6.45) is 4.07. The standard InChI is InChI=1S/C30H22.C9H10/c1-3-20(4-2)21-17-18-29-25(19-21)24-13-7-10-16-28(24)30(29)26-14-8-5-11-22(26)23-12-6-9-15-27(23)30;1-8(2)9-6-4-3-5-7-9/h3-19H,1H2,2H3;3-7H,1H2,2H3/b20-4+;. The van der Waals surface area contributed by atoms with Gasteiger partial charge in [0.2, 0.25) is 0 Å². The molecule has 0 saturated heterocycles. The number of allylic oxidation sites excluding steroid dienone is 4. The summed E-state index contributed by atoms with van der Waals surface area (Å²) < 4.78 is 0. The Morgan fingerprint density at radius 3 is 1.49 bits per heavy atom. The maximum absolute atomic E-state index is 4.01. The van der Waals surface area contributed by atoms with Crippen LogP contribution in [0, 0.1) is 0 Å². The van der Waals surface area contributed by atoms with Crippen molar-refractivity contribution in [3.63, 3.8) is 0 Å². The fourth-order valence-electron chi connectivity index (χ4n) is 6.40. The van der Waals surface area contributed by atoms with Crippen molar-refractivity contribution in [2.45, 2.75) is 19.3 Å². The molecule has 0 unspecified atom stereocenters. The van der Waals surface area contributed by atoms with Gasteiger partial charge in [-0.25, -0.2) is 0 Å². The molecule has 2 aliphatic rings. The smallest absolute Gasteiger partial charge is 0.0725 e. The zero-order valence-electron chi connectivity index (χ0n) is 22.6. The number of fused-ring (bicyclic) bond motifs is 10. The van der Waals surface area contributed by atoms with Crippen LogP contribution in [0.5, 0.6) is 0 Å². The molecule has 0 radical (unpaired) electrons. The van der Waals surface area contributed by atoms with Crippen molar-refractivity contribution in [3.8, 4) is 22.3 Å². The van der Waals surface area contributed by atoms with Crippen LogP contribution in [0.2, 0.25) is 0 Å². The topological polar surface area (TPSA) is 0 Å². The molecule has 188 valence electrons. The number of hydrogen-bond donors (Lipinski definition) is 0. The van der Waals surface area contributed by atoms with Crippen molar-refractivity contribution in [1.29, 1.82) is 0 Å². The summed E-state index contributed by atoms with van der Waals surface area (Å²) in [5.74, 6) is 0. The molecule has 5 aromatic rings. The Hall–Kier alpha value is -4.68. The van der Waals surface area contributed by atoms with Gasteiger partial charge >= 0.3 is 0 Å². The lowest BCUT2D eigenvalue weighted by Gasteiger charge is -2.30. The average molecular weight is 501 g/mol. The van der Waals surface area contributed by atoms with Gasteiger partial charge in [0.1, 0.15) is 0 Å². The molecular formula is C39H32. The molecule has 0 saturated carbocycles. The third kappa shape index (κ3) is 3.75. The first-order valence-electron chi connectivity index (χ1n) is 13.5. The lowest BCUT2D eigenvalue weighted by atomic mass is 9.70. The molecule has 0 heterocycles. The highest BCUT2D eigenvalue weighted by Gasteiger charge is 2.51. The van der Waals surface area contributed by atoms with Crippen LogP contribution < -0.4 is 0 Å². The number of benzene rings is 5. The van der Waals surface area contributed by atoms with E-state index in [0.717, 1.165) is 5.57 Å². The molecule has 39 heavy (non-hydrogen) atoms. The Labute approximate surface area is 232 Å². The van der Waals surface area contributed by atoms with Gasteiger partial charge in [-0.05, 0) is 81.1 Å². The second kappa shape index (κ2) is 9.89. The lowest BCUT2D eigenvalue weighted by Crippen LogP contribution is -2.25. The van der Waals surface area contributed by atoms with Crippen LogP contribution in [0.4, 0.5) is 0 Å². The van der Waals surface area contributed by atoms with E-state index in [4.69, 9.17) is 0 Å². The average Bonchev–Trinajstić information content (AvgIpc) is 3.46. The minimum absolute atomic E-state index is 0.248. The quantitative estimate of drug-likeness (QED) is 0.212. The predicted molar refractivity (Wildman–Crippen MR) is 168 cm³/mol. The van der Waals surface area contributed by atoms with Crippen molar-refractivity contribution < 1.29 is 0 Å². The van der Waals surface area contributed by atoms with Crippen LogP contribution in [-0.4, -0.2) is 0 Å². The molecule has 0 nitrogen and oxygen atoms in total. The van der Waals surface area contributed by atoms with Crippen LogP contribution in [0.25, 0.3) is 33.4 Å². The van der Waals surface area contributed by atoms with Crippen molar-refractivity contribution >= 4 is 11.1 Å². The zero-order chi connectivity index (χ0) is 27.0. The summed E-state index contributed by atoms with van der Waals surface area (Å²) in [5, 5.41) is 0. The third-order valence-corrected chi connectivity index (χ3v) is 8.13. The van der Waals surface area contributed by atoms with Crippen molar-refractivity contribution in [3.05, 3.63) is 180 Å². The molecule has 0 fully saturated rings. The Morgan fingerprint density at radius 2 is 1.03 bits per heavy atom. The molecule has 0 amide bonds. The molecule has 0 bridgehead atoms. The molecule has 5 aromatic carbocycles. The van der Waals surface area contributed by atoms with E-state index in [0.29, 0.717) is 0 Å². The summed E-state index contributed by atoms with van der Waals surface area (Å²) in [6.45, 7) is 11.9. The van der Waals surface area contributed by atoms with Gasteiger partial charge in [-0.2, -0.15) is 0 Å². The maximum atomic E-state index is 4.01. The van der Waals surface area contributed by atoms with E-state index in [1.807, 2.05) is 31.2 Å². The molecule has 0 heteroatoms. The molecule has 1 spiro atoms. The van der Waals surface area contributed by atoms with E-state index in [-0.39, 0.29) is 5.41 Å². The van der Waals surface area contributed by atoms with E-state index >= 15 is 0 Å².